The molecule has 1 aromatic heterocycles. The number of carbonyl (C=O) groups excluding carboxylic acids is 1. The van der Waals surface area contributed by atoms with Crippen molar-refractivity contribution in [2.75, 3.05) is 6.54 Å². The van der Waals surface area contributed by atoms with E-state index in [0.29, 0.717) is 24.6 Å². The number of nitrogens with one attached hydrogen (secondary N) is 1. The highest BCUT2D eigenvalue weighted by Gasteiger charge is 2.20. The summed E-state index contributed by atoms with van der Waals surface area (Å²) in [4.78, 5) is 12.7. The lowest BCUT2D eigenvalue weighted by molar-refractivity contribution is 0.0950. The van der Waals surface area contributed by atoms with Crippen LogP contribution in [-0.4, -0.2) is 27.4 Å². The molecular formula is C25H24N4O. The summed E-state index contributed by atoms with van der Waals surface area (Å²) in [6.07, 6.45) is 3.45. The first-order chi connectivity index (χ1) is 14.8. The molecule has 1 amide bonds. The maximum absolute atomic E-state index is 12.7. The molecule has 1 aliphatic carbocycles. The van der Waals surface area contributed by atoms with E-state index in [9.17, 15) is 4.79 Å². The van der Waals surface area contributed by atoms with Gasteiger partial charge in [0.25, 0.3) is 5.91 Å². The Morgan fingerprint density at radius 3 is 2.70 bits per heavy atom. The normalized spacial score (nSPS) is 15.7. The molecule has 1 atom stereocenters. The quantitative estimate of drug-likeness (QED) is 0.546. The molecule has 5 rings (SSSR count). The third-order valence-electron chi connectivity index (χ3n) is 5.97. The third-order valence-corrected chi connectivity index (χ3v) is 5.97. The number of carbonyl (C=O) groups is 1. The number of benzene rings is 3. The number of hydrogen-bond donors (Lipinski definition) is 1. The summed E-state index contributed by atoms with van der Waals surface area (Å²) in [5, 5.41) is 11.6. The van der Waals surface area contributed by atoms with Crippen LogP contribution in [0.2, 0.25) is 0 Å². The minimum atomic E-state index is -0.0178. The molecule has 1 heterocycles. The van der Waals surface area contributed by atoms with Crippen molar-refractivity contribution in [3.05, 3.63) is 95.1 Å². The topological polar surface area (TPSA) is 59.8 Å². The summed E-state index contributed by atoms with van der Waals surface area (Å²) < 4.78 is 1.88. The van der Waals surface area contributed by atoms with Crippen molar-refractivity contribution >= 4 is 16.9 Å². The van der Waals surface area contributed by atoms with Crippen LogP contribution < -0.4 is 5.32 Å². The lowest BCUT2D eigenvalue weighted by atomic mass is 9.83. The number of fused-ring (bicyclic) bond motifs is 2. The van der Waals surface area contributed by atoms with Gasteiger partial charge in [-0.1, -0.05) is 53.7 Å². The van der Waals surface area contributed by atoms with Gasteiger partial charge in [-0.25, -0.2) is 4.68 Å². The molecule has 0 saturated heterocycles. The van der Waals surface area contributed by atoms with E-state index in [-0.39, 0.29) is 5.91 Å². The number of amides is 1. The average molecular weight is 396 g/mol. The minimum absolute atomic E-state index is 0.0178. The molecule has 5 nitrogen and oxygen atoms in total. The summed E-state index contributed by atoms with van der Waals surface area (Å²) in [6, 6.07) is 24.3. The SMILES string of the molecule is O=C(NCC1CCCc2ccccc21)c1ccc(Cn2nnc3ccccc32)cc1. The highest BCUT2D eigenvalue weighted by Crippen LogP contribution is 2.30. The second kappa shape index (κ2) is 8.11. The van der Waals surface area contributed by atoms with Crippen molar-refractivity contribution in [2.24, 2.45) is 0 Å². The maximum Gasteiger partial charge on any atom is 0.251 e. The molecule has 3 aromatic carbocycles. The molecular weight excluding hydrogens is 372 g/mol. The first kappa shape index (κ1) is 18.6. The van der Waals surface area contributed by atoms with E-state index >= 15 is 0 Å². The van der Waals surface area contributed by atoms with Gasteiger partial charge >= 0.3 is 0 Å². The highest BCUT2D eigenvalue weighted by atomic mass is 16.1. The summed E-state index contributed by atoms with van der Waals surface area (Å²) in [5.41, 5.74) is 6.48. The van der Waals surface area contributed by atoms with Crippen LogP contribution in [0.15, 0.2) is 72.8 Å². The van der Waals surface area contributed by atoms with Gasteiger partial charge in [-0.15, -0.1) is 5.10 Å². The van der Waals surface area contributed by atoms with Crippen LogP contribution >= 0.6 is 0 Å². The molecule has 1 N–H and O–H groups in total. The first-order valence-electron chi connectivity index (χ1n) is 10.5. The van der Waals surface area contributed by atoms with Crippen molar-refractivity contribution in [2.45, 2.75) is 31.7 Å². The fourth-order valence-electron chi connectivity index (χ4n) is 4.35. The van der Waals surface area contributed by atoms with Crippen LogP contribution in [0.25, 0.3) is 11.0 Å². The van der Waals surface area contributed by atoms with Crippen LogP contribution in [0.3, 0.4) is 0 Å². The van der Waals surface area contributed by atoms with E-state index in [1.165, 1.54) is 17.5 Å². The van der Waals surface area contributed by atoms with Gasteiger partial charge in [-0.2, -0.15) is 0 Å². The summed E-state index contributed by atoms with van der Waals surface area (Å²) in [6.45, 7) is 1.31. The van der Waals surface area contributed by atoms with Crippen molar-refractivity contribution < 1.29 is 4.79 Å². The monoisotopic (exact) mass is 396 g/mol. The second-order valence-corrected chi connectivity index (χ2v) is 7.93. The molecule has 30 heavy (non-hydrogen) atoms. The number of aryl methyl sites for hydroxylation is 1. The number of rotatable bonds is 5. The lowest BCUT2D eigenvalue weighted by Crippen LogP contribution is -2.29. The zero-order valence-corrected chi connectivity index (χ0v) is 16.8. The second-order valence-electron chi connectivity index (χ2n) is 7.93. The highest BCUT2D eigenvalue weighted by molar-refractivity contribution is 5.94. The van der Waals surface area contributed by atoms with Crippen LogP contribution in [-0.2, 0) is 13.0 Å². The van der Waals surface area contributed by atoms with E-state index in [1.54, 1.807) is 0 Å². The molecule has 5 heteroatoms. The van der Waals surface area contributed by atoms with Gasteiger partial charge in [-0.05, 0) is 60.2 Å². The smallest absolute Gasteiger partial charge is 0.251 e. The van der Waals surface area contributed by atoms with Gasteiger partial charge in [0.1, 0.15) is 5.52 Å². The van der Waals surface area contributed by atoms with Gasteiger partial charge < -0.3 is 5.32 Å². The van der Waals surface area contributed by atoms with E-state index in [2.05, 4.69) is 39.9 Å². The Kier molecular flexibility index (Phi) is 5.01. The van der Waals surface area contributed by atoms with Gasteiger partial charge in [0.2, 0.25) is 0 Å². The Bertz CT molecular complexity index is 1180. The molecule has 150 valence electrons. The zero-order chi connectivity index (χ0) is 20.3. The number of hydrogen-bond acceptors (Lipinski definition) is 3. The van der Waals surface area contributed by atoms with Gasteiger partial charge in [0, 0.05) is 18.0 Å². The summed E-state index contributed by atoms with van der Waals surface area (Å²) in [5.74, 6) is 0.384. The van der Waals surface area contributed by atoms with Gasteiger partial charge in [0.15, 0.2) is 0 Å². The van der Waals surface area contributed by atoms with Crippen LogP contribution in [0.1, 0.15) is 45.8 Å². The predicted molar refractivity (Wildman–Crippen MR) is 118 cm³/mol. The predicted octanol–water partition coefficient (Wildman–Crippen LogP) is 4.33. The van der Waals surface area contributed by atoms with Crippen molar-refractivity contribution in [3.63, 3.8) is 0 Å². The Balaban J connectivity index is 1.23. The Hall–Kier alpha value is -3.47. The first-order valence-corrected chi connectivity index (χ1v) is 10.5. The zero-order valence-electron chi connectivity index (χ0n) is 16.8. The Morgan fingerprint density at radius 1 is 1.00 bits per heavy atom. The molecule has 0 saturated carbocycles. The molecule has 0 radical (unpaired) electrons. The lowest BCUT2D eigenvalue weighted by Gasteiger charge is -2.25. The maximum atomic E-state index is 12.7. The average Bonchev–Trinajstić information content (AvgIpc) is 3.21. The van der Waals surface area contributed by atoms with Crippen LogP contribution in [0.4, 0.5) is 0 Å². The minimum Gasteiger partial charge on any atom is -0.351 e. The molecule has 0 fully saturated rings. The fraction of sp³-hybridized carbons (Fsp3) is 0.240. The molecule has 0 bridgehead atoms. The molecule has 4 aromatic rings. The van der Waals surface area contributed by atoms with E-state index in [1.807, 2.05) is 53.2 Å². The number of nitrogens with zero attached hydrogens (tertiary/aromatic N) is 3. The van der Waals surface area contributed by atoms with Crippen LogP contribution in [0.5, 0.6) is 0 Å². The van der Waals surface area contributed by atoms with E-state index in [4.69, 9.17) is 0 Å². The van der Waals surface area contributed by atoms with Crippen molar-refractivity contribution in [1.29, 1.82) is 0 Å². The van der Waals surface area contributed by atoms with Gasteiger partial charge in [0.05, 0.1) is 12.1 Å². The molecule has 0 aliphatic heterocycles. The third kappa shape index (κ3) is 3.71. The van der Waals surface area contributed by atoms with E-state index in [0.717, 1.165) is 29.4 Å². The fourth-order valence-corrected chi connectivity index (χ4v) is 4.35. The standard InChI is InChI=1S/C25H24N4O/c30-25(26-16-21-8-5-7-19-6-1-2-9-22(19)21)20-14-12-18(13-15-20)17-29-24-11-4-3-10-23(24)27-28-29/h1-4,6,9-15,21H,5,7-8,16-17H2,(H,26,30). The van der Waals surface area contributed by atoms with Gasteiger partial charge in [-0.3, -0.25) is 4.79 Å². The molecule has 1 aliphatic rings. The number of aromatic nitrogens is 3. The largest absolute Gasteiger partial charge is 0.351 e. The summed E-state index contributed by atoms with van der Waals surface area (Å²) in [7, 11) is 0. The van der Waals surface area contributed by atoms with E-state index < -0.39 is 0 Å². The summed E-state index contributed by atoms with van der Waals surface area (Å²) >= 11 is 0. The Morgan fingerprint density at radius 2 is 1.80 bits per heavy atom. The molecule has 0 spiro atoms. The number of para-hydroxylation sites is 1. The molecule has 1 unspecified atom stereocenters. The van der Waals surface area contributed by atoms with Crippen LogP contribution in [0, 0.1) is 0 Å². The van der Waals surface area contributed by atoms with Crippen molar-refractivity contribution in [3.8, 4) is 0 Å². The Labute approximate surface area is 175 Å². The van der Waals surface area contributed by atoms with Crippen molar-refractivity contribution in [1.82, 2.24) is 20.3 Å².